The SMILES string of the molecule is CC[C@@H](C)[C@H](N)c1nnc(SCC(=O)Nc2cccc(C)c2C)o1. The fourth-order valence-corrected chi connectivity index (χ4v) is 2.68. The maximum Gasteiger partial charge on any atom is 0.277 e. The van der Waals surface area contributed by atoms with Crippen molar-refractivity contribution >= 4 is 23.4 Å². The summed E-state index contributed by atoms with van der Waals surface area (Å²) in [7, 11) is 0. The highest BCUT2D eigenvalue weighted by atomic mass is 32.2. The van der Waals surface area contributed by atoms with Gasteiger partial charge in [-0.3, -0.25) is 4.79 Å². The van der Waals surface area contributed by atoms with Gasteiger partial charge in [0.15, 0.2) is 0 Å². The minimum absolute atomic E-state index is 0.111. The van der Waals surface area contributed by atoms with Gasteiger partial charge in [-0.1, -0.05) is 44.2 Å². The van der Waals surface area contributed by atoms with Crippen LogP contribution in [0, 0.1) is 19.8 Å². The number of nitrogens with two attached hydrogens (primary N) is 1. The summed E-state index contributed by atoms with van der Waals surface area (Å²) >= 11 is 1.21. The zero-order valence-corrected chi connectivity index (χ0v) is 15.3. The number of nitrogens with zero attached hydrogens (tertiary/aromatic N) is 2. The number of thioether (sulfide) groups is 1. The fraction of sp³-hybridized carbons (Fsp3) is 0.471. The van der Waals surface area contributed by atoms with Crippen LogP contribution in [-0.4, -0.2) is 21.9 Å². The van der Waals surface area contributed by atoms with Crippen LogP contribution in [0.2, 0.25) is 0 Å². The van der Waals surface area contributed by atoms with Crippen LogP contribution in [-0.2, 0) is 4.79 Å². The molecular formula is C17H24N4O2S. The summed E-state index contributed by atoms with van der Waals surface area (Å²) in [6, 6.07) is 5.55. The van der Waals surface area contributed by atoms with E-state index in [-0.39, 0.29) is 23.6 Å². The van der Waals surface area contributed by atoms with Crippen molar-refractivity contribution in [3.05, 3.63) is 35.2 Å². The zero-order chi connectivity index (χ0) is 17.7. The van der Waals surface area contributed by atoms with E-state index in [0.717, 1.165) is 23.2 Å². The van der Waals surface area contributed by atoms with E-state index in [0.29, 0.717) is 11.1 Å². The number of nitrogens with one attached hydrogen (secondary N) is 1. The van der Waals surface area contributed by atoms with Crippen LogP contribution < -0.4 is 11.1 Å². The summed E-state index contributed by atoms with van der Waals surface area (Å²) in [4.78, 5) is 12.1. The van der Waals surface area contributed by atoms with Gasteiger partial charge in [-0.25, -0.2) is 0 Å². The lowest BCUT2D eigenvalue weighted by Crippen LogP contribution is -2.18. The first-order valence-corrected chi connectivity index (χ1v) is 8.98. The second-order valence-electron chi connectivity index (χ2n) is 5.90. The second-order valence-corrected chi connectivity index (χ2v) is 6.83. The number of rotatable bonds is 7. The van der Waals surface area contributed by atoms with E-state index in [2.05, 4.69) is 22.4 Å². The predicted octanol–water partition coefficient (Wildman–Crippen LogP) is 3.46. The molecule has 3 N–H and O–H groups in total. The van der Waals surface area contributed by atoms with Gasteiger partial charge in [-0.05, 0) is 37.0 Å². The third kappa shape index (κ3) is 4.58. The fourth-order valence-electron chi connectivity index (χ4n) is 2.11. The molecule has 6 nitrogen and oxygen atoms in total. The molecule has 2 aromatic rings. The predicted molar refractivity (Wildman–Crippen MR) is 96.0 cm³/mol. The van der Waals surface area contributed by atoms with Crippen LogP contribution in [0.15, 0.2) is 27.8 Å². The largest absolute Gasteiger partial charge is 0.414 e. The minimum atomic E-state index is -0.277. The molecule has 1 amide bonds. The minimum Gasteiger partial charge on any atom is -0.414 e. The number of carbonyl (C=O) groups is 1. The van der Waals surface area contributed by atoms with Crippen molar-refractivity contribution < 1.29 is 9.21 Å². The highest BCUT2D eigenvalue weighted by Gasteiger charge is 2.20. The molecule has 0 radical (unpaired) electrons. The average molecular weight is 348 g/mol. The van der Waals surface area contributed by atoms with E-state index < -0.39 is 0 Å². The van der Waals surface area contributed by atoms with Crippen LogP contribution in [0.4, 0.5) is 5.69 Å². The Morgan fingerprint density at radius 3 is 2.83 bits per heavy atom. The van der Waals surface area contributed by atoms with E-state index in [1.165, 1.54) is 11.8 Å². The molecule has 0 aliphatic heterocycles. The van der Waals surface area contributed by atoms with Gasteiger partial charge in [0.2, 0.25) is 11.8 Å². The van der Waals surface area contributed by atoms with Gasteiger partial charge in [0.1, 0.15) is 0 Å². The first-order valence-electron chi connectivity index (χ1n) is 8.00. The maximum atomic E-state index is 12.1. The molecule has 0 aliphatic rings. The highest BCUT2D eigenvalue weighted by Crippen LogP contribution is 2.24. The standard InChI is InChI=1S/C17H24N4O2S/c1-5-10(2)15(18)16-20-21-17(23-16)24-9-14(22)19-13-8-6-7-11(3)12(13)4/h6-8,10,15H,5,9,18H2,1-4H3,(H,19,22)/t10-,15+/m1/s1. The third-order valence-electron chi connectivity index (χ3n) is 4.17. The number of aromatic nitrogens is 2. The number of hydrogen-bond acceptors (Lipinski definition) is 6. The van der Waals surface area contributed by atoms with Crippen LogP contribution in [0.3, 0.4) is 0 Å². The molecule has 0 fully saturated rings. The smallest absolute Gasteiger partial charge is 0.277 e. The molecule has 130 valence electrons. The molecule has 0 bridgehead atoms. The topological polar surface area (TPSA) is 94.0 Å². The van der Waals surface area contributed by atoms with Gasteiger partial charge in [0.25, 0.3) is 5.22 Å². The molecule has 1 aromatic heterocycles. The Hall–Kier alpha value is -1.86. The summed E-state index contributed by atoms with van der Waals surface area (Å²) in [5, 5.41) is 11.2. The first-order chi connectivity index (χ1) is 11.4. The van der Waals surface area contributed by atoms with Crippen molar-refractivity contribution in [2.24, 2.45) is 11.7 Å². The average Bonchev–Trinajstić information content (AvgIpc) is 3.04. The lowest BCUT2D eigenvalue weighted by atomic mass is 10.0. The Morgan fingerprint density at radius 2 is 2.12 bits per heavy atom. The summed E-state index contributed by atoms with van der Waals surface area (Å²) < 4.78 is 5.55. The first kappa shape index (κ1) is 18.5. The van der Waals surface area contributed by atoms with Crippen molar-refractivity contribution in [1.82, 2.24) is 10.2 Å². The highest BCUT2D eigenvalue weighted by molar-refractivity contribution is 7.99. The van der Waals surface area contributed by atoms with E-state index in [4.69, 9.17) is 10.2 Å². The van der Waals surface area contributed by atoms with Gasteiger partial charge in [-0.15, -0.1) is 10.2 Å². The van der Waals surface area contributed by atoms with Crippen LogP contribution in [0.5, 0.6) is 0 Å². The molecule has 0 aliphatic carbocycles. The number of amides is 1. The second kappa shape index (κ2) is 8.30. The Labute approximate surface area is 146 Å². The molecule has 7 heteroatoms. The number of hydrogen-bond donors (Lipinski definition) is 2. The summed E-state index contributed by atoms with van der Waals surface area (Å²) in [6.07, 6.45) is 0.935. The van der Waals surface area contributed by atoms with E-state index in [1.807, 2.05) is 39.0 Å². The van der Waals surface area contributed by atoms with Crippen LogP contribution in [0.1, 0.15) is 43.3 Å². The van der Waals surface area contributed by atoms with Gasteiger partial charge in [0, 0.05) is 5.69 Å². The molecule has 0 unspecified atom stereocenters. The molecule has 0 saturated heterocycles. The quantitative estimate of drug-likeness (QED) is 0.744. The van der Waals surface area contributed by atoms with Crippen molar-refractivity contribution in [3.8, 4) is 0 Å². The Kier molecular flexibility index (Phi) is 6.39. The number of benzene rings is 1. The molecule has 2 rings (SSSR count). The van der Waals surface area contributed by atoms with Gasteiger partial charge in [0.05, 0.1) is 11.8 Å². The number of aryl methyl sites for hydroxylation is 1. The monoisotopic (exact) mass is 348 g/mol. The van der Waals surface area contributed by atoms with Crippen molar-refractivity contribution in [3.63, 3.8) is 0 Å². The lowest BCUT2D eigenvalue weighted by molar-refractivity contribution is -0.113. The molecule has 0 saturated carbocycles. The molecule has 24 heavy (non-hydrogen) atoms. The molecule has 0 spiro atoms. The molecular weight excluding hydrogens is 324 g/mol. The van der Waals surface area contributed by atoms with Crippen molar-refractivity contribution in [2.75, 3.05) is 11.1 Å². The Bertz CT molecular complexity index is 702. The van der Waals surface area contributed by atoms with Gasteiger partial charge in [-0.2, -0.15) is 0 Å². The lowest BCUT2D eigenvalue weighted by Gasteiger charge is -2.13. The van der Waals surface area contributed by atoms with Crippen molar-refractivity contribution in [2.45, 2.75) is 45.4 Å². The summed E-state index contributed by atoms with van der Waals surface area (Å²) in [5.74, 6) is 0.769. The molecule has 2 atom stereocenters. The Balaban J connectivity index is 1.90. The zero-order valence-electron chi connectivity index (χ0n) is 14.5. The Morgan fingerprint density at radius 1 is 1.38 bits per heavy atom. The van der Waals surface area contributed by atoms with Gasteiger partial charge >= 0.3 is 0 Å². The van der Waals surface area contributed by atoms with Gasteiger partial charge < -0.3 is 15.5 Å². The third-order valence-corrected chi connectivity index (χ3v) is 4.99. The molecule has 1 aromatic carbocycles. The number of carbonyl (C=O) groups excluding carboxylic acids is 1. The molecule has 1 heterocycles. The van der Waals surface area contributed by atoms with Crippen LogP contribution >= 0.6 is 11.8 Å². The van der Waals surface area contributed by atoms with Crippen molar-refractivity contribution in [1.29, 1.82) is 0 Å². The van der Waals surface area contributed by atoms with E-state index in [1.54, 1.807) is 0 Å². The summed E-state index contributed by atoms with van der Waals surface area (Å²) in [6.45, 7) is 8.10. The summed E-state index contributed by atoms with van der Waals surface area (Å²) in [5.41, 5.74) is 9.10. The van der Waals surface area contributed by atoms with Crippen LogP contribution in [0.25, 0.3) is 0 Å². The number of anilines is 1. The maximum absolute atomic E-state index is 12.1. The van der Waals surface area contributed by atoms with E-state index in [9.17, 15) is 4.79 Å². The normalized spacial score (nSPS) is 13.5. The van der Waals surface area contributed by atoms with E-state index >= 15 is 0 Å².